The smallest absolute Gasteiger partial charge is 0.450 e. The van der Waals surface area contributed by atoms with Gasteiger partial charge >= 0.3 is 12.3 Å². The lowest BCUT2D eigenvalue weighted by atomic mass is 10.3. The van der Waals surface area contributed by atoms with Crippen molar-refractivity contribution in [1.29, 1.82) is 0 Å². The van der Waals surface area contributed by atoms with Gasteiger partial charge in [0.1, 0.15) is 0 Å². The normalized spacial score (nSPS) is 5.89. The summed E-state index contributed by atoms with van der Waals surface area (Å²) in [5.74, 6) is 7.93. The zero-order chi connectivity index (χ0) is 15.4. The fourth-order valence-electron chi connectivity index (χ4n) is 0.279. The number of hydrogen-bond donors (Lipinski definition) is 4. The summed E-state index contributed by atoms with van der Waals surface area (Å²) in [6.07, 6.45) is 4.63. The maximum Gasteiger partial charge on any atom is 0.503 e. The topological polar surface area (TPSA) is 115 Å². The first kappa shape index (κ1) is 24.8. The van der Waals surface area contributed by atoms with Crippen LogP contribution in [-0.2, 0) is 0 Å². The molecule has 0 atom stereocenters. The SMILES string of the molecule is C#CCCCC.CC#CC.O=C(O)O.O=C(O)O. The molecule has 0 bridgehead atoms. The molecule has 0 aromatic rings. The van der Waals surface area contributed by atoms with Crippen molar-refractivity contribution in [2.45, 2.75) is 40.0 Å². The second-order valence-corrected chi connectivity index (χ2v) is 2.37. The standard InChI is InChI=1S/C6H10.C4H6.2CH2O3/c1-3-5-6-4-2;1-3-4-2;2*2-1(3)4/h1H,4-6H2,2H3;1-2H3;2*(H2,2,3,4). The zero-order valence-corrected chi connectivity index (χ0v) is 10.8. The average Bonchev–Trinajstić information content (AvgIpc) is 2.25. The van der Waals surface area contributed by atoms with Crippen LogP contribution < -0.4 is 0 Å². The molecule has 0 aliphatic heterocycles. The molecule has 0 spiro atoms. The fraction of sp³-hybridized carbons (Fsp3) is 0.500. The number of terminal acetylenes is 1. The highest BCUT2D eigenvalue weighted by Gasteiger charge is 1.71. The van der Waals surface area contributed by atoms with Gasteiger partial charge < -0.3 is 20.4 Å². The Labute approximate surface area is 107 Å². The lowest BCUT2D eigenvalue weighted by Gasteiger charge is -1.79. The van der Waals surface area contributed by atoms with Crippen LogP contribution in [-0.4, -0.2) is 32.7 Å². The lowest BCUT2D eigenvalue weighted by Crippen LogP contribution is -1.81. The fourth-order valence-corrected chi connectivity index (χ4v) is 0.279. The monoisotopic (exact) mass is 260 g/mol. The molecule has 0 fully saturated rings. The molecule has 0 rings (SSSR count). The Morgan fingerprint density at radius 1 is 1.00 bits per heavy atom. The summed E-state index contributed by atoms with van der Waals surface area (Å²) in [5, 5.41) is 27.9. The van der Waals surface area contributed by atoms with E-state index < -0.39 is 12.3 Å². The van der Waals surface area contributed by atoms with Crippen LogP contribution in [0.1, 0.15) is 40.0 Å². The first-order valence-electron chi connectivity index (χ1n) is 4.90. The van der Waals surface area contributed by atoms with Crippen LogP contribution in [0.2, 0.25) is 0 Å². The Bertz CT molecular complexity index is 253. The molecule has 104 valence electrons. The number of rotatable bonds is 2. The molecule has 6 nitrogen and oxygen atoms in total. The Hall–Kier alpha value is -2.34. The van der Waals surface area contributed by atoms with Crippen molar-refractivity contribution < 1.29 is 30.0 Å². The molecule has 0 saturated carbocycles. The number of unbranched alkanes of at least 4 members (excludes halogenated alkanes) is 2. The molecular weight excluding hydrogens is 240 g/mol. The van der Waals surface area contributed by atoms with Gasteiger partial charge in [0.2, 0.25) is 0 Å². The Morgan fingerprint density at radius 3 is 1.33 bits per heavy atom. The molecule has 0 aliphatic carbocycles. The summed E-state index contributed by atoms with van der Waals surface area (Å²) in [4.78, 5) is 17.1. The molecule has 0 radical (unpaired) electrons. The van der Waals surface area contributed by atoms with E-state index in [1.165, 1.54) is 12.8 Å². The van der Waals surface area contributed by atoms with E-state index >= 15 is 0 Å². The van der Waals surface area contributed by atoms with Gasteiger partial charge in [-0.2, -0.15) is 0 Å². The highest BCUT2D eigenvalue weighted by atomic mass is 16.6. The van der Waals surface area contributed by atoms with Gasteiger partial charge in [0, 0.05) is 6.42 Å². The van der Waals surface area contributed by atoms with Gasteiger partial charge in [-0.1, -0.05) is 13.3 Å². The largest absolute Gasteiger partial charge is 0.503 e. The van der Waals surface area contributed by atoms with Crippen molar-refractivity contribution in [2.24, 2.45) is 0 Å². The van der Waals surface area contributed by atoms with Crippen molar-refractivity contribution in [3.63, 3.8) is 0 Å². The van der Waals surface area contributed by atoms with Crippen molar-refractivity contribution in [2.75, 3.05) is 0 Å². The average molecular weight is 260 g/mol. The Morgan fingerprint density at radius 2 is 1.28 bits per heavy atom. The van der Waals surface area contributed by atoms with Crippen LogP contribution in [0.3, 0.4) is 0 Å². The van der Waals surface area contributed by atoms with Crippen molar-refractivity contribution in [1.82, 2.24) is 0 Å². The van der Waals surface area contributed by atoms with E-state index in [-0.39, 0.29) is 0 Å². The predicted molar refractivity (Wildman–Crippen MR) is 68.8 cm³/mol. The molecule has 18 heavy (non-hydrogen) atoms. The van der Waals surface area contributed by atoms with Gasteiger partial charge in [-0.05, 0) is 20.3 Å². The molecule has 0 unspecified atom stereocenters. The van der Waals surface area contributed by atoms with Crippen LogP contribution in [0.25, 0.3) is 0 Å². The van der Waals surface area contributed by atoms with E-state index in [2.05, 4.69) is 24.7 Å². The van der Waals surface area contributed by atoms with E-state index in [0.29, 0.717) is 0 Å². The van der Waals surface area contributed by atoms with Crippen LogP contribution in [0.15, 0.2) is 0 Å². The zero-order valence-electron chi connectivity index (χ0n) is 10.8. The molecule has 0 aromatic heterocycles. The molecule has 0 amide bonds. The molecule has 0 saturated heterocycles. The van der Waals surface area contributed by atoms with Gasteiger partial charge in [0.05, 0.1) is 0 Å². The summed E-state index contributed by atoms with van der Waals surface area (Å²) in [6.45, 7) is 5.78. The molecule has 6 heteroatoms. The van der Waals surface area contributed by atoms with E-state index in [4.69, 9.17) is 36.4 Å². The predicted octanol–water partition coefficient (Wildman–Crippen LogP) is 3.28. The maximum absolute atomic E-state index is 8.56. The molecule has 4 N–H and O–H groups in total. The van der Waals surface area contributed by atoms with Gasteiger partial charge in [-0.25, -0.2) is 9.59 Å². The number of carboxylic acid groups (broad SMARTS) is 4. The Kier molecular flexibility index (Phi) is 40.3. The van der Waals surface area contributed by atoms with Gasteiger partial charge in [-0.15, -0.1) is 24.2 Å². The van der Waals surface area contributed by atoms with Crippen LogP contribution >= 0.6 is 0 Å². The van der Waals surface area contributed by atoms with E-state index in [0.717, 1.165) is 6.42 Å². The highest BCUT2D eigenvalue weighted by Crippen LogP contribution is 1.88. The summed E-state index contributed by atoms with van der Waals surface area (Å²) in [7, 11) is 0. The first-order valence-corrected chi connectivity index (χ1v) is 4.90. The third-order valence-electron chi connectivity index (χ3n) is 0.925. The van der Waals surface area contributed by atoms with Crippen LogP contribution in [0, 0.1) is 24.2 Å². The first-order chi connectivity index (χ1) is 8.29. The third-order valence-corrected chi connectivity index (χ3v) is 0.925. The molecule has 0 aliphatic rings. The third kappa shape index (κ3) is 795. The summed E-state index contributed by atoms with van der Waals surface area (Å²) < 4.78 is 0. The molecule has 0 aromatic carbocycles. The Balaban J connectivity index is -0.0000000742. The summed E-state index contributed by atoms with van der Waals surface area (Å²) >= 11 is 0. The van der Waals surface area contributed by atoms with Crippen molar-refractivity contribution in [3.8, 4) is 24.2 Å². The maximum atomic E-state index is 8.56. The minimum absolute atomic E-state index is 0.941. The molecule has 0 heterocycles. The van der Waals surface area contributed by atoms with E-state index in [1.807, 2.05) is 13.8 Å². The highest BCUT2D eigenvalue weighted by molar-refractivity contribution is 5.53. The molecular formula is C12H20O6. The van der Waals surface area contributed by atoms with Gasteiger partial charge in [-0.3, -0.25) is 0 Å². The second-order valence-electron chi connectivity index (χ2n) is 2.37. The quantitative estimate of drug-likeness (QED) is 0.447. The minimum Gasteiger partial charge on any atom is -0.450 e. The van der Waals surface area contributed by atoms with Crippen LogP contribution in [0.5, 0.6) is 0 Å². The van der Waals surface area contributed by atoms with E-state index in [9.17, 15) is 0 Å². The van der Waals surface area contributed by atoms with Gasteiger partial charge in [0.25, 0.3) is 0 Å². The van der Waals surface area contributed by atoms with Gasteiger partial charge in [0.15, 0.2) is 0 Å². The van der Waals surface area contributed by atoms with Crippen LogP contribution in [0.4, 0.5) is 9.59 Å². The summed E-state index contributed by atoms with van der Waals surface area (Å²) in [5.41, 5.74) is 0. The van der Waals surface area contributed by atoms with E-state index in [1.54, 1.807) is 0 Å². The minimum atomic E-state index is -1.83. The number of hydrogen-bond acceptors (Lipinski definition) is 2. The summed E-state index contributed by atoms with van der Waals surface area (Å²) in [6, 6.07) is 0. The van der Waals surface area contributed by atoms with Crippen molar-refractivity contribution >= 4 is 12.3 Å². The lowest BCUT2D eigenvalue weighted by molar-refractivity contribution is 0.135. The second kappa shape index (κ2) is 29.3. The number of carbonyl (C=O) groups is 2. The van der Waals surface area contributed by atoms with Crippen molar-refractivity contribution in [3.05, 3.63) is 0 Å².